The Kier molecular flexibility index (Phi) is 5.82. The molecule has 4 aliphatic rings. The van der Waals surface area contributed by atoms with Gasteiger partial charge in [-0.25, -0.2) is 18.6 Å². The molecule has 4 aromatic rings. The van der Waals surface area contributed by atoms with Crippen LogP contribution in [-0.4, -0.2) is 46.0 Å². The second-order valence-corrected chi connectivity index (χ2v) is 12.4. The zero-order valence-electron chi connectivity index (χ0n) is 22.1. The van der Waals surface area contributed by atoms with E-state index >= 15 is 0 Å². The molecule has 3 fully saturated rings. The summed E-state index contributed by atoms with van der Waals surface area (Å²) in [6.07, 6.45) is 6.12. The Morgan fingerprint density at radius 2 is 1.90 bits per heavy atom. The van der Waals surface area contributed by atoms with Crippen molar-refractivity contribution in [3.8, 4) is 17.0 Å². The molecule has 8 rings (SSSR count). The molecule has 1 aliphatic carbocycles. The van der Waals surface area contributed by atoms with Gasteiger partial charge >= 0.3 is 5.97 Å². The number of ether oxygens (including phenoxy) is 2. The van der Waals surface area contributed by atoms with Gasteiger partial charge in [-0.15, -0.1) is 0 Å². The maximum atomic E-state index is 14.7. The normalized spacial score (nSPS) is 23.3. The number of carboxylic acids is 1. The number of fused-ring (bicyclic) bond motifs is 5. The smallest absolute Gasteiger partial charge is 0.336 e. The lowest BCUT2D eigenvalue weighted by Gasteiger charge is -2.38. The van der Waals surface area contributed by atoms with Gasteiger partial charge < -0.3 is 24.0 Å². The minimum absolute atomic E-state index is 0.0235. The number of halogens is 2. The van der Waals surface area contributed by atoms with Crippen molar-refractivity contribution in [1.29, 1.82) is 0 Å². The number of carbonyl (C=O) groups is 1. The summed E-state index contributed by atoms with van der Waals surface area (Å²) >= 11 is 1.51. The Bertz CT molecular complexity index is 1660. The van der Waals surface area contributed by atoms with Crippen LogP contribution in [0.15, 0.2) is 28.8 Å². The average molecular weight is 580 g/mol. The molecule has 2 aromatic carbocycles. The van der Waals surface area contributed by atoms with Crippen LogP contribution < -0.4 is 9.64 Å². The van der Waals surface area contributed by atoms with Gasteiger partial charge in [0.15, 0.2) is 10.9 Å². The predicted octanol–water partition coefficient (Wildman–Crippen LogP) is 6.46. The molecule has 0 spiro atoms. The topological polar surface area (TPSA) is 97.9 Å². The third-order valence-corrected chi connectivity index (χ3v) is 9.92. The van der Waals surface area contributed by atoms with Gasteiger partial charge in [0.2, 0.25) is 0 Å². The fourth-order valence-corrected chi connectivity index (χ4v) is 8.00. The van der Waals surface area contributed by atoms with Crippen LogP contribution in [0, 0.1) is 11.6 Å². The van der Waals surface area contributed by atoms with Gasteiger partial charge in [-0.2, -0.15) is 0 Å². The number of thiazole rings is 1. The van der Waals surface area contributed by atoms with Crippen LogP contribution in [0.3, 0.4) is 0 Å². The fourth-order valence-electron chi connectivity index (χ4n) is 6.85. The molecule has 8 nitrogen and oxygen atoms in total. The van der Waals surface area contributed by atoms with E-state index in [0.29, 0.717) is 35.7 Å². The first-order valence-electron chi connectivity index (χ1n) is 14.1. The highest BCUT2D eigenvalue weighted by Crippen LogP contribution is 2.48. The number of carboxylic acid groups (broad SMARTS) is 1. The van der Waals surface area contributed by atoms with Crippen molar-refractivity contribution in [3.05, 3.63) is 58.4 Å². The number of nitrogens with zero attached hydrogens (tertiary/aromatic N) is 3. The molecule has 0 radical (unpaired) electrons. The monoisotopic (exact) mass is 579 g/mol. The Morgan fingerprint density at radius 1 is 1.15 bits per heavy atom. The third kappa shape index (κ3) is 4.12. The highest BCUT2D eigenvalue weighted by atomic mass is 32.1. The quantitative estimate of drug-likeness (QED) is 0.267. The molecule has 3 atom stereocenters. The summed E-state index contributed by atoms with van der Waals surface area (Å²) in [7, 11) is 0. The first-order chi connectivity index (χ1) is 20.0. The Labute approximate surface area is 237 Å². The van der Waals surface area contributed by atoms with Crippen LogP contribution in [0.2, 0.25) is 0 Å². The first-order valence-corrected chi connectivity index (χ1v) is 14.9. The van der Waals surface area contributed by atoms with Crippen molar-refractivity contribution >= 4 is 32.7 Å². The Morgan fingerprint density at radius 3 is 2.61 bits per heavy atom. The van der Waals surface area contributed by atoms with Crippen molar-refractivity contribution in [3.63, 3.8) is 0 Å². The van der Waals surface area contributed by atoms with Crippen molar-refractivity contribution in [2.75, 3.05) is 11.5 Å². The summed E-state index contributed by atoms with van der Waals surface area (Å²) in [5.74, 6) is -0.788. The molecule has 41 heavy (non-hydrogen) atoms. The molecule has 2 aromatic heterocycles. The first kappa shape index (κ1) is 25.2. The van der Waals surface area contributed by atoms with Crippen LogP contribution in [-0.2, 0) is 17.8 Å². The zero-order valence-corrected chi connectivity index (χ0v) is 22.9. The summed E-state index contributed by atoms with van der Waals surface area (Å²) in [5, 5.41) is 14.7. The summed E-state index contributed by atoms with van der Waals surface area (Å²) < 4.78 is 48.0. The molecule has 2 saturated heterocycles. The van der Waals surface area contributed by atoms with E-state index in [9.17, 15) is 18.7 Å². The van der Waals surface area contributed by atoms with E-state index < -0.39 is 17.6 Å². The van der Waals surface area contributed by atoms with Crippen molar-refractivity contribution in [2.24, 2.45) is 0 Å². The standard InChI is InChI=1S/C30H27F2N3O5S/c31-21-2-1-3-22(32)24(21)25-20(27(40-34-25)14-4-5-14)13-39-17-10-15-6-7-16(11-17)35(15)30-33-26-23(41-30)12-19(29(36)37)18-8-9-38-28(18)26/h1-3,12,14-17H,4-11,13H2,(H,36,37)/t15-,16+,17?. The molecular formula is C30H27F2N3O5S. The molecule has 11 heteroatoms. The largest absolute Gasteiger partial charge is 0.491 e. The molecule has 0 amide bonds. The SMILES string of the molecule is O=C(O)c1cc2sc(N3[C@@H]4CC[C@H]3CC(OCc3c(-c5c(F)cccc5F)noc3C3CC3)C4)nc2c2c1CCO2. The zero-order chi connectivity index (χ0) is 27.8. The van der Waals surface area contributed by atoms with Gasteiger partial charge in [0.25, 0.3) is 0 Å². The van der Waals surface area contributed by atoms with E-state index in [2.05, 4.69) is 10.1 Å². The van der Waals surface area contributed by atoms with Crippen LogP contribution in [0.25, 0.3) is 21.5 Å². The Balaban J connectivity index is 1.04. The number of aromatic carboxylic acids is 1. The van der Waals surface area contributed by atoms with E-state index in [1.54, 1.807) is 6.07 Å². The van der Waals surface area contributed by atoms with Gasteiger partial charge in [0.1, 0.15) is 28.6 Å². The van der Waals surface area contributed by atoms with Crippen LogP contribution >= 0.6 is 11.3 Å². The minimum atomic E-state index is -0.944. The summed E-state index contributed by atoms with van der Waals surface area (Å²) in [4.78, 5) is 19.2. The van der Waals surface area contributed by atoms with E-state index in [1.165, 1.54) is 29.5 Å². The molecule has 3 aliphatic heterocycles. The van der Waals surface area contributed by atoms with Crippen LogP contribution in [0.1, 0.15) is 71.7 Å². The summed E-state index contributed by atoms with van der Waals surface area (Å²) in [6.45, 7) is 0.653. The molecule has 1 N–H and O–H groups in total. The van der Waals surface area contributed by atoms with Gasteiger partial charge in [-0.05, 0) is 56.7 Å². The second-order valence-electron chi connectivity index (χ2n) is 11.4. The molecule has 212 valence electrons. The van der Waals surface area contributed by atoms with Crippen molar-refractivity contribution < 1.29 is 32.7 Å². The average Bonchev–Trinajstić information content (AvgIpc) is 3.24. The molecule has 5 heterocycles. The lowest BCUT2D eigenvalue weighted by molar-refractivity contribution is 0.0147. The maximum absolute atomic E-state index is 14.7. The van der Waals surface area contributed by atoms with E-state index in [4.69, 9.17) is 19.0 Å². The number of piperidine rings is 1. The number of aromatic nitrogens is 2. The molecular weight excluding hydrogens is 552 g/mol. The number of anilines is 1. The van der Waals surface area contributed by atoms with Gasteiger partial charge in [-0.3, -0.25) is 0 Å². The summed E-state index contributed by atoms with van der Waals surface area (Å²) in [6, 6.07) is 6.00. The maximum Gasteiger partial charge on any atom is 0.336 e. The fraction of sp³-hybridized carbons (Fsp3) is 0.433. The number of rotatable bonds is 7. The van der Waals surface area contributed by atoms with Crippen LogP contribution in [0.4, 0.5) is 13.9 Å². The molecule has 1 unspecified atom stereocenters. The van der Waals surface area contributed by atoms with Gasteiger partial charge in [-0.1, -0.05) is 22.6 Å². The molecule has 1 saturated carbocycles. The lowest BCUT2D eigenvalue weighted by Crippen LogP contribution is -2.45. The number of hydrogen-bond acceptors (Lipinski definition) is 8. The Hall–Kier alpha value is -3.57. The van der Waals surface area contributed by atoms with Crippen molar-refractivity contribution in [2.45, 2.75) is 75.7 Å². The van der Waals surface area contributed by atoms with E-state index in [1.807, 2.05) is 0 Å². The van der Waals surface area contributed by atoms with Gasteiger partial charge in [0, 0.05) is 35.5 Å². The van der Waals surface area contributed by atoms with Crippen molar-refractivity contribution in [1.82, 2.24) is 10.1 Å². The van der Waals surface area contributed by atoms with E-state index in [0.717, 1.165) is 59.4 Å². The van der Waals surface area contributed by atoms with Crippen LogP contribution in [0.5, 0.6) is 5.75 Å². The second kappa shape index (κ2) is 9.49. The number of benzene rings is 2. The molecule has 2 bridgehead atoms. The minimum Gasteiger partial charge on any atom is -0.491 e. The van der Waals surface area contributed by atoms with E-state index in [-0.39, 0.29) is 42.0 Å². The van der Waals surface area contributed by atoms with Gasteiger partial charge in [0.05, 0.1) is 35.1 Å². The summed E-state index contributed by atoms with van der Waals surface area (Å²) in [5.41, 5.74) is 2.42. The number of hydrogen-bond donors (Lipinski definition) is 1. The third-order valence-electron chi connectivity index (χ3n) is 8.90. The lowest BCUT2D eigenvalue weighted by atomic mass is 9.99. The predicted molar refractivity (Wildman–Crippen MR) is 147 cm³/mol. The highest BCUT2D eigenvalue weighted by molar-refractivity contribution is 7.22. The highest BCUT2D eigenvalue weighted by Gasteiger charge is 2.43.